The number of rotatable bonds is 4. The van der Waals surface area contributed by atoms with E-state index >= 15 is 0 Å². The first kappa shape index (κ1) is 10.3. The summed E-state index contributed by atoms with van der Waals surface area (Å²) in [6.45, 7) is 2.14. The minimum atomic E-state index is 0.181. The van der Waals surface area contributed by atoms with Crippen LogP contribution in [0, 0.1) is 17.8 Å². The molecule has 0 spiro atoms. The minimum absolute atomic E-state index is 0.181. The third-order valence-corrected chi connectivity index (χ3v) is 4.41. The Morgan fingerprint density at radius 1 is 1.62 bits per heavy atom. The number of aromatic nitrogens is 1. The van der Waals surface area contributed by atoms with Crippen LogP contribution in [-0.4, -0.2) is 10.9 Å². The third-order valence-electron chi connectivity index (χ3n) is 3.55. The molecule has 2 aliphatic rings. The van der Waals surface area contributed by atoms with Crippen LogP contribution in [0.15, 0.2) is 11.6 Å². The van der Waals surface area contributed by atoms with Crippen LogP contribution in [0.4, 0.5) is 0 Å². The van der Waals surface area contributed by atoms with Gasteiger partial charge >= 0.3 is 0 Å². The van der Waals surface area contributed by atoms with Crippen molar-refractivity contribution >= 4 is 17.2 Å². The quantitative estimate of drug-likeness (QED) is 0.872. The lowest BCUT2D eigenvalue weighted by atomic mass is 10.2. The van der Waals surface area contributed by atoms with Crippen LogP contribution in [0.1, 0.15) is 37.2 Å². The summed E-state index contributed by atoms with van der Waals surface area (Å²) in [7, 11) is 0. The first-order chi connectivity index (χ1) is 7.75. The molecular formula is C12H16N2OS. The van der Waals surface area contributed by atoms with Crippen LogP contribution in [0.5, 0.6) is 0 Å². The largest absolute Gasteiger partial charge is 0.346 e. The number of thiazole rings is 1. The SMILES string of the molecule is CC1CC1C(=O)NC(c1nccs1)C1CC1. The van der Waals surface area contributed by atoms with Crippen molar-refractivity contribution < 1.29 is 4.79 Å². The van der Waals surface area contributed by atoms with Gasteiger partial charge in [-0.1, -0.05) is 6.92 Å². The van der Waals surface area contributed by atoms with Crippen LogP contribution >= 0.6 is 11.3 Å². The fraction of sp³-hybridized carbons (Fsp3) is 0.667. The Labute approximate surface area is 99.3 Å². The highest BCUT2D eigenvalue weighted by Gasteiger charge is 2.42. The molecule has 4 heteroatoms. The Kier molecular flexibility index (Phi) is 2.46. The average molecular weight is 236 g/mol. The van der Waals surface area contributed by atoms with E-state index in [9.17, 15) is 4.79 Å². The number of carbonyl (C=O) groups is 1. The van der Waals surface area contributed by atoms with Crippen molar-refractivity contribution in [3.63, 3.8) is 0 Å². The molecule has 3 nitrogen and oxygen atoms in total. The summed E-state index contributed by atoms with van der Waals surface area (Å²) >= 11 is 1.65. The summed E-state index contributed by atoms with van der Waals surface area (Å²) in [5.74, 6) is 1.71. The van der Waals surface area contributed by atoms with Gasteiger partial charge in [-0.2, -0.15) is 0 Å². The van der Waals surface area contributed by atoms with Crippen molar-refractivity contribution in [2.75, 3.05) is 0 Å². The second-order valence-electron chi connectivity index (χ2n) is 5.01. The van der Waals surface area contributed by atoms with E-state index in [1.807, 2.05) is 11.6 Å². The lowest BCUT2D eigenvalue weighted by molar-refractivity contribution is -0.123. The van der Waals surface area contributed by atoms with Gasteiger partial charge in [-0.25, -0.2) is 4.98 Å². The van der Waals surface area contributed by atoms with E-state index in [1.54, 1.807) is 11.3 Å². The molecule has 3 unspecified atom stereocenters. The zero-order chi connectivity index (χ0) is 11.1. The highest BCUT2D eigenvalue weighted by Crippen LogP contribution is 2.43. The normalized spacial score (nSPS) is 29.8. The summed E-state index contributed by atoms with van der Waals surface area (Å²) in [4.78, 5) is 16.3. The lowest BCUT2D eigenvalue weighted by Crippen LogP contribution is -2.31. The molecule has 1 heterocycles. The second-order valence-corrected chi connectivity index (χ2v) is 5.94. The van der Waals surface area contributed by atoms with E-state index in [4.69, 9.17) is 0 Å². The van der Waals surface area contributed by atoms with Crippen molar-refractivity contribution in [2.45, 2.75) is 32.2 Å². The highest BCUT2D eigenvalue weighted by atomic mass is 32.1. The number of carbonyl (C=O) groups excluding carboxylic acids is 1. The fourth-order valence-corrected chi connectivity index (χ4v) is 2.93. The molecule has 86 valence electrons. The predicted molar refractivity (Wildman–Crippen MR) is 63.0 cm³/mol. The van der Waals surface area contributed by atoms with Gasteiger partial charge in [0, 0.05) is 17.5 Å². The summed E-state index contributed by atoms with van der Waals surface area (Å²) in [5.41, 5.74) is 0. The van der Waals surface area contributed by atoms with Crippen molar-refractivity contribution in [2.24, 2.45) is 17.8 Å². The molecule has 2 fully saturated rings. The van der Waals surface area contributed by atoms with E-state index in [0.717, 1.165) is 11.4 Å². The Balaban J connectivity index is 1.67. The molecule has 1 aromatic heterocycles. The second kappa shape index (κ2) is 3.84. The maximum atomic E-state index is 11.9. The molecule has 16 heavy (non-hydrogen) atoms. The van der Waals surface area contributed by atoms with Crippen molar-refractivity contribution in [1.82, 2.24) is 10.3 Å². The standard InChI is InChI=1S/C12H16N2OS/c1-7-6-9(7)11(15)14-10(8-2-3-8)12-13-4-5-16-12/h4-5,7-10H,2-3,6H2,1H3,(H,14,15). The molecule has 0 radical (unpaired) electrons. The number of hydrogen-bond donors (Lipinski definition) is 1. The highest BCUT2D eigenvalue weighted by molar-refractivity contribution is 7.09. The molecule has 3 atom stereocenters. The van der Waals surface area contributed by atoms with Crippen LogP contribution in [0.2, 0.25) is 0 Å². The fourth-order valence-electron chi connectivity index (χ4n) is 2.15. The van der Waals surface area contributed by atoms with Crippen molar-refractivity contribution in [3.05, 3.63) is 16.6 Å². The molecule has 2 aliphatic carbocycles. The Bertz CT molecular complexity index is 386. The Morgan fingerprint density at radius 2 is 2.38 bits per heavy atom. The predicted octanol–water partition coefficient (Wildman–Crippen LogP) is 2.37. The van der Waals surface area contributed by atoms with Gasteiger partial charge in [0.2, 0.25) is 5.91 Å². The van der Waals surface area contributed by atoms with Crippen molar-refractivity contribution in [1.29, 1.82) is 0 Å². The van der Waals surface area contributed by atoms with E-state index in [1.165, 1.54) is 12.8 Å². The zero-order valence-corrected chi connectivity index (χ0v) is 10.2. The van der Waals surface area contributed by atoms with Gasteiger partial charge in [-0.3, -0.25) is 4.79 Å². The van der Waals surface area contributed by atoms with Crippen LogP contribution in [0.3, 0.4) is 0 Å². The van der Waals surface area contributed by atoms with E-state index < -0.39 is 0 Å². The molecule has 1 N–H and O–H groups in total. The molecule has 1 amide bonds. The van der Waals surface area contributed by atoms with Crippen LogP contribution < -0.4 is 5.32 Å². The lowest BCUT2D eigenvalue weighted by Gasteiger charge is -2.15. The van der Waals surface area contributed by atoms with Gasteiger partial charge in [0.15, 0.2) is 0 Å². The molecule has 0 saturated heterocycles. The number of nitrogens with zero attached hydrogens (tertiary/aromatic N) is 1. The molecule has 0 aromatic carbocycles. The van der Waals surface area contributed by atoms with E-state index in [0.29, 0.717) is 11.8 Å². The van der Waals surface area contributed by atoms with Gasteiger partial charge < -0.3 is 5.32 Å². The number of amides is 1. The van der Waals surface area contributed by atoms with Gasteiger partial charge in [0.25, 0.3) is 0 Å². The van der Waals surface area contributed by atoms with Crippen LogP contribution in [0.25, 0.3) is 0 Å². The summed E-state index contributed by atoms with van der Waals surface area (Å²) in [6, 6.07) is 0.181. The smallest absolute Gasteiger partial charge is 0.223 e. The van der Waals surface area contributed by atoms with Gasteiger partial charge in [0.05, 0.1) is 6.04 Å². The van der Waals surface area contributed by atoms with Gasteiger partial charge in [-0.15, -0.1) is 11.3 Å². The zero-order valence-electron chi connectivity index (χ0n) is 9.35. The van der Waals surface area contributed by atoms with E-state index in [-0.39, 0.29) is 17.9 Å². The third kappa shape index (κ3) is 1.98. The molecule has 2 saturated carbocycles. The van der Waals surface area contributed by atoms with E-state index in [2.05, 4.69) is 17.2 Å². The van der Waals surface area contributed by atoms with Gasteiger partial charge in [0.1, 0.15) is 5.01 Å². The topological polar surface area (TPSA) is 42.0 Å². The van der Waals surface area contributed by atoms with Crippen LogP contribution in [-0.2, 0) is 4.79 Å². The maximum Gasteiger partial charge on any atom is 0.223 e. The first-order valence-electron chi connectivity index (χ1n) is 5.95. The molecule has 3 rings (SSSR count). The Morgan fingerprint density at radius 3 is 2.88 bits per heavy atom. The summed E-state index contributed by atoms with van der Waals surface area (Å²) in [6.07, 6.45) is 5.33. The van der Waals surface area contributed by atoms with Gasteiger partial charge in [-0.05, 0) is 31.1 Å². The summed E-state index contributed by atoms with van der Waals surface area (Å²) < 4.78 is 0. The van der Waals surface area contributed by atoms with Crippen molar-refractivity contribution in [3.8, 4) is 0 Å². The molecule has 0 aliphatic heterocycles. The molecular weight excluding hydrogens is 220 g/mol. The monoisotopic (exact) mass is 236 g/mol. The number of hydrogen-bond acceptors (Lipinski definition) is 3. The number of nitrogens with one attached hydrogen (secondary N) is 1. The molecule has 0 bridgehead atoms. The first-order valence-corrected chi connectivity index (χ1v) is 6.83. The average Bonchev–Trinajstić information content (AvgIpc) is 3.16. The summed E-state index contributed by atoms with van der Waals surface area (Å²) in [5, 5.41) is 6.24. The minimum Gasteiger partial charge on any atom is -0.346 e. The molecule has 1 aromatic rings. The Hall–Kier alpha value is -0.900. The maximum absolute atomic E-state index is 11.9.